The van der Waals surface area contributed by atoms with E-state index in [9.17, 15) is 14.4 Å². The van der Waals surface area contributed by atoms with E-state index in [1.54, 1.807) is 42.5 Å². The van der Waals surface area contributed by atoms with Gasteiger partial charge in [0.25, 0.3) is 11.8 Å². The van der Waals surface area contributed by atoms with Gasteiger partial charge >= 0.3 is 13.1 Å². The number of rotatable bonds is 6. The van der Waals surface area contributed by atoms with Gasteiger partial charge in [-0.25, -0.2) is 4.79 Å². The van der Waals surface area contributed by atoms with Crippen molar-refractivity contribution in [3.8, 4) is 5.75 Å². The summed E-state index contributed by atoms with van der Waals surface area (Å²) in [7, 11) is 0.488. The first kappa shape index (κ1) is 21.1. The molecule has 31 heavy (non-hydrogen) atoms. The molecule has 1 fully saturated rings. The minimum atomic E-state index is -0.806. The second-order valence-electron chi connectivity index (χ2n) is 7.89. The van der Waals surface area contributed by atoms with Crippen molar-refractivity contribution in [1.29, 1.82) is 0 Å². The molecule has 2 aromatic carbocycles. The van der Waals surface area contributed by atoms with Crippen LogP contribution in [0.2, 0.25) is 0 Å². The third-order valence-electron chi connectivity index (χ3n) is 5.17. The lowest BCUT2D eigenvalue weighted by Crippen LogP contribution is -2.40. The summed E-state index contributed by atoms with van der Waals surface area (Å²) in [6.07, 6.45) is 0. The number of amides is 2. The molecule has 0 aromatic heterocycles. The molecule has 0 spiro atoms. The maximum atomic E-state index is 12.5. The van der Waals surface area contributed by atoms with Crippen LogP contribution in [0, 0.1) is 0 Å². The maximum Gasteiger partial charge on any atom is 0.499 e. The highest BCUT2D eigenvalue weighted by atomic mass is 16.7. The number of hydrogen-bond acceptors (Lipinski definition) is 7. The first-order valence-corrected chi connectivity index (χ1v) is 9.91. The first-order valence-electron chi connectivity index (χ1n) is 9.91. The van der Waals surface area contributed by atoms with Crippen molar-refractivity contribution in [2.75, 3.05) is 26.9 Å². The van der Waals surface area contributed by atoms with Crippen molar-refractivity contribution >= 4 is 30.4 Å². The smallest absolute Gasteiger partial charge is 0.492 e. The molecule has 0 saturated carbocycles. The minimum Gasteiger partial charge on any atom is -0.492 e. The molecule has 160 valence electrons. The monoisotopic (exact) mass is 423 g/mol. The van der Waals surface area contributed by atoms with Crippen molar-refractivity contribution in [2.24, 2.45) is 0 Å². The van der Waals surface area contributed by atoms with E-state index in [-0.39, 0.29) is 30.5 Å². The van der Waals surface area contributed by atoms with E-state index in [0.29, 0.717) is 28.9 Å². The molecular weight excluding hydrogens is 401 g/mol. The highest BCUT2D eigenvalue weighted by Crippen LogP contribution is 2.25. The molecule has 0 unspecified atom stereocenters. The number of fused-ring (bicyclic) bond motifs is 1. The van der Waals surface area contributed by atoms with Gasteiger partial charge in [0.2, 0.25) is 0 Å². The Balaban J connectivity index is 1.53. The van der Waals surface area contributed by atoms with Crippen molar-refractivity contribution < 1.29 is 33.2 Å². The van der Waals surface area contributed by atoms with E-state index in [2.05, 4.69) is 0 Å². The number of hydrogen-bond donors (Lipinski definition) is 0. The van der Waals surface area contributed by atoms with E-state index in [4.69, 9.17) is 18.8 Å². The van der Waals surface area contributed by atoms with E-state index in [0.717, 1.165) is 4.90 Å². The lowest BCUT2D eigenvalue weighted by atomic mass is 9.75. The Morgan fingerprint density at radius 1 is 1.10 bits per heavy atom. The predicted molar refractivity (Wildman–Crippen MR) is 112 cm³/mol. The van der Waals surface area contributed by atoms with Crippen LogP contribution >= 0.6 is 0 Å². The summed E-state index contributed by atoms with van der Waals surface area (Å²) < 4.78 is 22.5. The number of carbonyl (C=O) groups is 3. The van der Waals surface area contributed by atoms with Crippen LogP contribution in [0.25, 0.3) is 0 Å². The number of ether oxygens (including phenoxy) is 2. The fourth-order valence-corrected chi connectivity index (χ4v) is 3.67. The van der Waals surface area contributed by atoms with Crippen LogP contribution in [0.15, 0.2) is 42.5 Å². The van der Waals surface area contributed by atoms with Crippen LogP contribution in [0.4, 0.5) is 0 Å². The third kappa shape index (κ3) is 3.94. The van der Waals surface area contributed by atoms with Gasteiger partial charge in [-0.15, -0.1) is 0 Å². The van der Waals surface area contributed by atoms with Crippen LogP contribution in [-0.4, -0.2) is 62.3 Å². The summed E-state index contributed by atoms with van der Waals surface area (Å²) in [4.78, 5) is 38.5. The van der Waals surface area contributed by atoms with Gasteiger partial charge in [-0.05, 0) is 38.1 Å². The molecule has 2 aliphatic rings. The van der Waals surface area contributed by atoms with Crippen LogP contribution in [0.1, 0.15) is 44.9 Å². The Kier molecular flexibility index (Phi) is 5.55. The molecular formula is C22H22BNO7. The Morgan fingerprint density at radius 2 is 1.77 bits per heavy atom. The number of methoxy groups -OCH3 is 1. The van der Waals surface area contributed by atoms with Gasteiger partial charge in [-0.3, -0.25) is 14.5 Å². The zero-order valence-electron chi connectivity index (χ0n) is 17.5. The van der Waals surface area contributed by atoms with E-state index >= 15 is 0 Å². The molecule has 4 rings (SSSR count). The van der Waals surface area contributed by atoms with Crippen LogP contribution in [0.5, 0.6) is 5.75 Å². The normalized spacial score (nSPS) is 17.1. The van der Waals surface area contributed by atoms with E-state index in [1.807, 2.05) is 13.8 Å². The predicted octanol–water partition coefficient (Wildman–Crippen LogP) is 1.67. The quantitative estimate of drug-likeness (QED) is 0.397. The molecule has 0 aliphatic carbocycles. The van der Waals surface area contributed by atoms with E-state index in [1.165, 1.54) is 7.11 Å². The fraction of sp³-hybridized carbons (Fsp3) is 0.318. The van der Waals surface area contributed by atoms with Crippen LogP contribution in [-0.2, 0) is 14.0 Å². The molecule has 1 saturated heterocycles. The Morgan fingerprint density at radius 3 is 2.35 bits per heavy atom. The van der Waals surface area contributed by atoms with Gasteiger partial charge in [-0.1, -0.05) is 18.2 Å². The van der Waals surface area contributed by atoms with Gasteiger partial charge in [0.15, 0.2) is 0 Å². The lowest BCUT2D eigenvalue weighted by Gasteiger charge is -2.20. The zero-order chi connectivity index (χ0) is 22.2. The van der Waals surface area contributed by atoms with Crippen LogP contribution < -0.4 is 10.2 Å². The standard InChI is InChI=1S/C22H22BNO7/c1-22(2)13-30-23(31-22)18-16(21(27)28-3)9-6-10-17(18)29-12-11-24-19(25)14-7-4-5-8-15(14)20(24)26/h4-10H,11-13H2,1-3H3. The Bertz CT molecular complexity index is 1020. The Labute approximate surface area is 180 Å². The van der Waals surface area contributed by atoms with Crippen molar-refractivity contribution in [3.63, 3.8) is 0 Å². The average Bonchev–Trinajstić information content (AvgIpc) is 3.24. The summed E-state index contributed by atoms with van der Waals surface area (Å²) in [6.45, 7) is 4.22. The van der Waals surface area contributed by atoms with Crippen LogP contribution in [0.3, 0.4) is 0 Å². The van der Waals surface area contributed by atoms with Crippen molar-refractivity contribution in [1.82, 2.24) is 4.90 Å². The molecule has 2 aliphatic heterocycles. The molecule has 2 heterocycles. The maximum absolute atomic E-state index is 12.5. The topological polar surface area (TPSA) is 91.4 Å². The summed E-state index contributed by atoms with van der Waals surface area (Å²) in [5, 5.41) is 0. The molecule has 0 radical (unpaired) electrons. The summed E-state index contributed by atoms with van der Waals surface area (Å²) >= 11 is 0. The van der Waals surface area contributed by atoms with Gasteiger partial charge < -0.3 is 18.8 Å². The molecule has 2 amide bonds. The molecule has 8 nitrogen and oxygen atoms in total. The SMILES string of the molecule is COC(=O)c1cccc(OCCN2C(=O)c3ccccc3C2=O)c1B1OCC(C)(C)O1. The van der Waals surface area contributed by atoms with Crippen molar-refractivity contribution in [2.45, 2.75) is 19.4 Å². The fourth-order valence-electron chi connectivity index (χ4n) is 3.67. The minimum absolute atomic E-state index is 0.0409. The Hall–Kier alpha value is -3.17. The average molecular weight is 423 g/mol. The van der Waals surface area contributed by atoms with Gasteiger partial charge in [0.1, 0.15) is 12.4 Å². The number of imide groups is 1. The highest BCUT2D eigenvalue weighted by molar-refractivity contribution is 6.64. The number of esters is 1. The molecule has 2 aromatic rings. The summed E-state index contributed by atoms with van der Waals surface area (Å²) in [6, 6.07) is 11.6. The van der Waals surface area contributed by atoms with Gasteiger partial charge in [0.05, 0.1) is 42.6 Å². The zero-order valence-corrected chi connectivity index (χ0v) is 17.5. The largest absolute Gasteiger partial charge is 0.499 e. The lowest BCUT2D eigenvalue weighted by molar-refractivity contribution is 0.0599. The number of carbonyl (C=O) groups excluding carboxylic acids is 3. The van der Waals surface area contributed by atoms with Gasteiger partial charge in [0, 0.05) is 5.46 Å². The second-order valence-corrected chi connectivity index (χ2v) is 7.89. The first-order chi connectivity index (χ1) is 14.8. The van der Waals surface area contributed by atoms with Crippen molar-refractivity contribution in [3.05, 3.63) is 59.2 Å². The number of benzene rings is 2. The highest BCUT2D eigenvalue weighted by Gasteiger charge is 2.42. The summed E-state index contributed by atoms with van der Waals surface area (Å²) in [5.74, 6) is -0.881. The molecule has 0 atom stereocenters. The molecule has 0 bridgehead atoms. The second kappa shape index (κ2) is 8.17. The number of nitrogens with zero attached hydrogens (tertiary/aromatic N) is 1. The summed E-state index contributed by atoms with van der Waals surface area (Å²) in [5.41, 5.74) is 0.933. The molecule has 0 N–H and O–H groups in total. The van der Waals surface area contributed by atoms with E-state index < -0.39 is 18.7 Å². The van der Waals surface area contributed by atoms with Gasteiger partial charge in [-0.2, -0.15) is 0 Å². The molecule has 9 heteroatoms. The third-order valence-corrected chi connectivity index (χ3v) is 5.17.